The number of anilines is 1. The van der Waals surface area contributed by atoms with Crippen LogP contribution in [0.5, 0.6) is 0 Å². The van der Waals surface area contributed by atoms with E-state index < -0.39 is 26.5 Å². The zero-order valence-electron chi connectivity index (χ0n) is 15.2. The van der Waals surface area contributed by atoms with Crippen LogP contribution in [0.3, 0.4) is 0 Å². The summed E-state index contributed by atoms with van der Waals surface area (Å²) >= 11 is 0. The van der Waals surface area contributed by atoms with Crippen LogP contribution in [-0.2, 0) is 10.1 Å². The van der Waals surface area contributed by atoms with E-state index >= 15 is 0 Å². The second-order valence-corrected chi connectivity index (χ2v) is 7.63. The molecule has 0 amide bonds. The zero-order valence-corrected chi connectivity index (χ0v) is 16.1. The Bertz CT molecular complexity index is 1210. The van der Waals surface area contributed by atoms with E-state index in [0.717, 1.165) is 0 Å². The first-order chi connectivity index (χ1) is 13.7. The lowest BCUT2D eigenvalue weighted by atomic mass is 9.98. The minimum Gasteiger partial charge on any atom is -0.397 e. The molecular weight excluding hydrogens is 390 g/mol. The van der Waals surface area contributed by atoms with E-state index in [0.29, 0.717) is 11.1 Å². The molecule has 0 aliphatic rings. The lowest BCUT2D eigenvalue weighted by molar-refractivity contribution is 0.103. The predicted octanol–water partition coefficient (Wildman–Crippen LogP) is 2.49. The van der Waals surface area contributed by atoms with Crippen LogP contribution in [0.15, 0.2) is 77.7 Å². The molecule has 148 valence electrons. The number of carbonyl (C=O) groups is 1. The van der Waals surface area contributed by atoms with E-state index in [9.17, 15) is 17.8 Å². The molecule has 0 aliphatic carbocycles. The lowest BCUT2D eigenvalue weighted by Gasteiger charge is -2.15. The highest BCUT2D eigenvalue weighted by Crippen LogP contribution is 2.32. The molecule has 0 aromatic heterocycles. The Labute approximate surface area is 168 Å². The van der Waals surface area contributed by atoms with Gasteiger partial charge >= 0.3 is 0 Å². The molecule has 0 unspecified atom stereocenters. The minimum atomic E-state index is -4.81. The maximum absolute atomic E-state index is 12.8. The number of hydrogen-bond donors (Lipinski definition) is 4. The van der Waals surface area contributed by atoms with Crippen LogP contribution in [-0.4, -0.2) is 18.8 Å². The van der Waals surface area contributed by atoms with Gasteiger partial charge in [-0.05, 0) is 11.6 Å². The van der Waals surface area contributed by atoms with Crippen molar-refractivity contribution in [3.63, 3.8) is 0 Å². The molecule has 0 atom stereocenters. The van der Waals surface area contributed by atoms with Gasteiger partial charge in [-0.2, -0.15) is 8.42 Å². The summed E-state index contributed by atoms with van der Waals surface area (Å²) in [4.78, 5) is 12.1. The van der Waals surface area contributed by atoms with Gasteiger partial charge in [-0.1, -0.05) is 66.7 Å². The fourth-order valence-corrected chi connectivity index (χ4v) is 3.79. The molecule has 7 nitrogen and oxygen atoms in total. The fourth-order valence-electron chi connectivity index (χ4n) is 2.95. The number of rotatable bonds is 5. The van der Waals surface area contributed by atoms with Crippen molar-refractivity contribution in [3.05, 3.63) is 95.1 Å². The first-order valence-corrected chi connectivity index (χ1v) is 9.96. The fraction of sp³-hybridized carbons (Fsp3) is 0. The Morgan fingerprint density at radius 1 is 0.724 bits per heavy atom. The maximum atomic E-state index is 12.8. The van der Waals surface area contributed by atoms with Gasteiger partial charge in [0.15, 0.2) is 5.78 Å². The van der Waals surface area contributed by atoms with Crippen molar-refractivity contribution in [2.45, 2.75) is 4.90 Å². The molecule has 0 radical (unpaired) electrons. The molecule has 8 heteroatoms. The smallest absolute Gasteiger partial charge is 0.297 e. The first kappa shape index (κ1) is 20.1. The van der Waals surface area contributed by atoms with E-state index in [4.69, 9.17) is 17.2 Å². The average Bonchev–Trinajstić information content (AvgIpc) is 2.72. The summed E-state index contributed by atoms with van der Waals surface area (Å²) in [6.45, 7) is 0. The number of nitrogens with two attached hydrogens (primary N) is 3. The summed E-state index contributed by atoms with van der Waals surface area (Å²) in [5, 5.41) is 0. The Hall–Kier alpha value is -3.62. The van der Waals surface area contributed by atoms with Crippen LogP contribution >= 0.6 is 0 Å². The van der Waals surface area contributed by atoms with Crippen molar-refractivity contribution in [1.29, 1.82) is 0 Å². The molecule has 0 spiro atoms. The number of ketones is 1. The van der Waals surface area contributed by atoms with Crippen LogP contribution in [0.25, 0.3) is 11.4 Å². The summed E-state index contributed by atoms with van der Waals surface area (Å²) in [5.41, 5.74) is 18.6. The Balaban J connectivity index is 2.23. The topological polar surface area (TPSA) is 149 Å². The van der Waals surface area contributed by atoms with Gasteiger partial charge in [0.1, 0.15) is 4.90 Å². The van der Waals surface area contributed by atoms with Crippen molar-refractivity contribution in [2.24, 2.45) is 11.5 Å². The second kappa shape index (κ2) is 7.78. The molecule has 3 aromatic carbocycles. The van der Waals surface area contributed by atoms with Crippen molar-refractivity contribution in [2.75, 3.05) is 5.73 Å². The Kier molecular flexibility index (Phi) is 5.40. The van der Waals surface area contributed by atoms with E-state index in [1.807, 2.05) is 0 Å². The Morgan fingerprint density at radius 3 is 1.72 bits per heavy atom. The van der Waals surface area contributed by atoms with E-state index in [-0.39, 0.29) is 22.5 Å². The third-order valence-corrected chi connectivity index (χ3v) is 5.36. The van der Waals surface area contributed by atoms with Gasteiger partial charge in [-0.15, -0.1) is 0 Å². The quantitative estimate of drug-likeness (QED) is 0.219. The van der Waals surface area contributed by atoms with Gasteiger partial charge < -0.3 is 17.2 Å². The third-order valence-electron chi connectivity index (χ3n) is 4.40. The largest absolute Gasteiger partial charge is 0.397 e. The van der Waals surface area contributed by atoms with Crippen LogP contribution in [0.4, 0.5) is 5.69 Å². The zero-order chi connectivity index (χ0) is 21.2. The van der Waals surface area contributed by atoms with Crippen LogP contribution in [0.1, 0.15) is 27.0 Å². The van der Waals surface area contributed by atoms with Gasteiger partial charge in [0, 0.05) is 16.7 Å². The third kappa shape index (κ3) is 3.98. The molecule has 0 saturated heterocycles. The molecule has 0 fully saturated rings. The standard InChI is InChI=1S/C21H19N3O4S/c22-17(13-7-3-1-4-8-13)18(23)16-12-11-15(19(24)21(16)29(26,27)28)20(25)14-9-5-2-6-10-14/h1-12H,22-24H2,(H,26,27,28). The normalized spacial score (nSPS) is 12.3. The molecule has 0 heterocycles. The van der Waals surface area contributed by atoms with Gasteiger partial charge in [0.25, 0.3) is 10.1 Å². The maximum Gasteiger partial charge on any atom is 0.297 e. The van der Waals surface area contributed by atoms with Gasteiger partial charge in [0.2, 0.25) is 0 Å². The molecular formula is C21H19N3O4S. The highest BCUT2D eigenvalue weighted by atomic mass is 32.2. The SMILES string of the molecule is NC(=C(N)c1ccc(C(=O)c2ccccc2)c(N)c1S(=O)(=O)O)c1ccccc1. The summed E-state index contributed by atoms with van der Waals surface area (Å²) in [6, 6.07) is 19.6. The van der Waals surface area contributed by atoms with Crippen molar-refractivity contribution >= 4 is 33.0 Å². The van der Waals surface area contributed by atoms with Crippen LogP contribution < -0.4 is 17.2 Å². The van der Waals surface area contributed by atoms with Crippen LogP contribution in [0, 0.1) is 0 Å². The number of benzene rings is 3. The highest BCUT2D eigenvalue weighted by molar-refractivity contribution is 7.86. The van der Waals surface area contributed by atoms with E-state index in [1.54, 1.807) is 60.7 Å². The number of hydrogen-bond acceptors (Lipinski definition) is 6. The minimum absolute atomic E-state index is 0.0707. The van der Waals surface area contributed by atoms with Crippen LogP contribution in [0.2, 0.25) is 0 Å². The molecule has 3 aromatic rings. The summed E-state index contributed by atoms with van der Waals surface area (Å²) < 4.78 is 34.0. The molecule has 0 bridgehead atoms. The first-order valence-electron chi connectivity index (χ1n) is 8.52. The highest BCUT2D eigenvalue weighted by Gasteiger charge is 2.26. The van der Waals surface area contributed by atoms with Crippen molar-refractivity contribution in [1.82, 2.24) is 0 Å². The molecule has 7 N–H and O–H groups in total. The molecule has 0 saturated carbocycles. The Morgan fingerprint density at radius 2 is 1.21 bits per heavy atom. The molecule has 0 aliphatic heterocycles. The van der Waals surface area contributed by atoms with Crippen molar-refractivity contribution < 1.29 is 17.8 Å². The van der Waals surface area contributed by atoms with E-state index in [2.05, 4.69) is 0 Å². The summed E-state index contributed by atoms with van der Waals surface area (Å²) in [5.74, 6) is -0.488. The second-order valence-electron chi connectivity index (χ2n) is 6.27. The summed E-state index contributed by atoms with van der Waals surface area (Å²) in [7, 11) is -4.81. The average molecular weight is 409 g/mol. The van der Waals surface area contributed by atoms with Crippen molar-refractivity contribution in [3.8, 4) is 0 Å². The predicted molar refractivity (Wildman–Crippen MR) is 112 cm³/mol. The molecule has 3 rings (SSSR count). The van der Waals surface area contributed by atoms with E-state index in [1.165, 1.54) is 12.1 Å². The summed E-state index contributed by atoms with van der Waals surface area (Å²) in [6.07, 6.45) is 0. The number of carbonyl (C=O) groups excluding carboxylic acids is 1. The number of nitrogen functional groups attached to an aromatic ring is 1. The molecule has 29 heavy (non-hydrogen) atoms. The van der Waals surface area contributed by atoms with Gasteiger partial charge in [-0.25, -0.2) is 0 Å². The lowest BCUT2D eigenvalue weighted by Crippen LogP contribution is -2.16. The monoisotopic (exact) mass is 409 g/mol. The van der Waals surface area contributed by atoms with Gasteiger partial charge in [-0.3, -0.25) is 9.35 Å². The van der Waals surface area contributed by atoms with Gasteiger partial charge in [0.05, 0.1) is 17.1 Å².